The van der Waals surface area contributed by atoms with Gasteiger partial charge in [-0.2, -0.15) is 5.48 Å². The molecule has 2 aliphatic carbocycles. The molecule has 4 N–H and O–H groups in total. The van der Waals surface area contributed by atoms with Gasteiger partial charge in [-0.05, 0) is 51.9 Å². The number of hydrogen-bond donors (Lipinski definition) is 4. The largest absolute Gasteiger partial charge is 0.368 e. The Balaban J connectivity index is 1.27. The maximum atomic E-state index is 12.9. The molecule has 2 saturated carbocycles. The van der Waals surface area contributed by atoms with Crippen molar-refractivity contribution in [1.29, 1.82) is 0 Å². The fourth-order valence-corrected chi connectivity index (χ4v) is 5.47. The molecule has 3 amide bonds. The lowest BCUT2D eigenvalue weighted by Gasteiger charge is -2.53. The SMILES string of the molecule is CC1CC(C(=O)NC23CCC(NC(=O)COC4CCC(Cl)C(Cl)C4)(CC2)C(=O)N3)ON1. The van der Waals surface area contributed by atoms with Crippen LogP contribution in [-0.4, -0.2) is 64.5 Å². The van der Waals surface area contributed by atoms with E-state index < -0.39 is 17.3 Å². The first kappa shape index (κ1) is 23.0. The molecule has 0 radical (unpaired) electrons. The zero-order valence-electron chi connectivity index (χ0n) is 17.5. The molecule has 5 fully saturated rings. The smallest absolute Gasteiger partial charge is 0.253 e. The number of hydrogen-bond acceptors (Lipinski definition) is 6. The van der Waals surface area contributed by atoms with Gasteiger partial charge in [0.2, 0.25) is 11.8 Å². The maximum Gasteiger partial charge on any atom is 0.253 e. The van der Waals surface area contributed by atoms with Crippen LogP contribution in [0, 0.1) is 0 Å². The summed E-state index contributed by atoms with van der Waals surface area (Å²) in [7, 11) is 0. The number of alkyl halides is 2. The van der Waals surface area contributed by atoms with E-state index in [1.807, 2.05) is 6.92 Å². The fourth-order valence-electron chi connectivity index (χ4n) is 4.91. The van der Waals surface area contributed by atoms with Gasteiger partial charge in [-0.1, -0.05) is 0 Å². The van der Waals surface area contributed by atoms with Gasteiger partial charge in [-0.3, -0.25) is 19.2 Å². The molecule has 5 atom stereocenters. The van der Waals surface area contributed by atoms with E-state index in [4.69, 9.17) is 32.8 Å². The standard InChI is InChI=1S/C20H30Cl2N4O5/c1-11-8-15(31-26-11)17(28)24-20-6-4-19(5-7-20,18(29)25-20)23-16(27)10-30-12-2-3-13(21)14(22)9-12/h11-15,26H,2-10H2,1H3,(H,23,27)(H,24,28)(H,25,29). The lowest BCUT2D eigenvalue weighted by atomic mass is 9.70. The molecular weight excluding hydrogens is 447 g/mol. The van der Waals surface area contributed by atoms with Crippen molar-refractivity contribution < 1.29 is 24.0 Å². The van der Waals surface area contributed by atoms with Gasteiger partial charge in [0.25, 0.3) is 5.91 Å². The Morgan fingerprint density at radius 1 is 1.13 bits per heavy atom. The summed E-state index contributed by atoms with van der Waals surface area (Å²) in [5.74, 6) is -0.846. The molecule has 5 unspecified atom stereocenters. The minimum atomic E-state index is -0.963. The first-order valence-electron chi connectivity index (χ1n) is 11.0. The third-order valence-corrected chi connectivity index (χ3v) is 7.99. The fraction of sp³-hybridized carbons (Fsp3) is 0.850. The van der Waals surface area contributed by atoms with E-state index in [9.17, 15) is 14.4 Å². The van der Waals surface area contributed by atoms with Gasteiger partial charge in [0.15, 0.2) is 6.10 Å². The van der Waals surface area contributed by atoms with Gasteiger partial charge in [0.05, 0.1) is 16.9 Å². The summed E-state index contributed by atoms with van der Waals surface area (Å²) in [5, 5.41) is 8.53. The molecule has 5 rings (SSSR count). The van der Waals surface area contributed by atoms with Crippen molar-refractivity contribution in [2.45, 2.75) is 98.5 Å². The van der Waals surface area contributed by atoms with Crippen LogP contribution in [-0.2, 0) is 24.0 Å². The normalized spacial score (nSPS) is 42.2. The molecule has 2 bridgehead atoms. The Bertz CT molecular complexity index is 730. The third-order valence-electron chi connectivity index (χ3n) is 6.85. The summed E-state index contributed by atoms with van der Waals surface area (Å²) in [6.07, 6.45) is 3.99. The molecule has 0 aromatic rings. The van der Waals surface area contributed by atoms with E-state index in [0.29, 0.717) is 38.5 Å². The predicted octanol–water partition coefficient (Wildman–Crippen LogP) is 0.824. The number of ether oxygens (including phenoxy) is 1. The van der Waals surface area contributed by atoms with Gasteiger partial charge >= 0.3 is 0 Å². The van der Waals surface area contributed by atoms with Crippen molar-refractivity contribution in [2.75, 3.05) is 6.61 Å². The second kappa shape index (κ2) is 9.02. The molecule has 0 aromatic heterocycles. The van der Waals surface area contributed by atoms with Crippen molar-refractivity contribution in [2.24, 2.45) is 0 Å². The molecule has 3 saturated heterocycles. The Labute approximate surface area is 191 Å². The van der Waals surface area contributed by atoms with Crippen LogP contribution < -0.4 is 21.4 Å². The van der Waals surface area contributed by atoms with Gasteiger partial charge in [-0.15, -0.1) is 23.2 Å². The monoisotopic (exact) mass is 476 g/mol. The first-order valence-corrected chi connectivity index (χ1v) is 11.8. The van der Waals surface area contributed by atoms with E-state index in [1.165, 1.54) is 0 Å². The van der Waals surface area contributed by atoms with Crippen molar-refractivity contribution in [1.82, 2.24) is 21.4 Å². The number of fused-ring (bicyclic) bond motifs is 3. The van der Waals surface area contributed by atoms with Crippen LogP contribution in [0.3, 0.4) is 0 Å². The number of amides is 3. The summed E-state index contributed by atoms with van der Waals surface area (Å²) in [6, 6.07) is 0.103. The number of carbonyl (C=O) groups is 3. The molecule has 3 aliphatic heterocycles. The molecule has 0 aromatic carbocycles. The van der Waals surface area contributed by atoms with Crippen molar-refractivity contribution in [3.8, 4) is 0 Å². The molecule has 11 heteroatoms. The number of rotatable bonds is 6. The second-order valence-corrected chi connectivity index (χ2v) is 10.4. The quantitative estimate of drug-likeness (QED) is 0.421. The van der Waals surface area contributed by atoms with E-state index in [2.05, 4.69) is 21.4 Å². The van der Waals surface area contributed by atoms with E-state index in [0.717, 1.165) is 12.8 Å². The summed E-state index contributed by atoms with van der Waals surface area (Å²) in [5.41, 5.74) is 1.03. The van der Waals surface area contributed by atoms with E-state index in [1.54, 1.807) is 0 Å². The summed E-state index contributed by atoms with van der Waals surface area (Å²) in [4.78, 5) is 43.2. The number of halogens is 2. The van der Waals surface area contributed by atoms with Crippen LogP contribution in [0.15, 0.2) is 0 Å². The highest BCUT2D eigenvalue weighted by molar-refractivity contribution is 6.30. The lowest BCUT2D eigenvalue weighted by Crippen LogP contribution is -2.77. The number of nitrogens with one attached hydrogen (secondary N) is 4. The summed E-state index contributed by atoms with van der Waals surface area (Å²) >= 11 is 12.3. The molecule has 0 spiro atoms. The molecular formula is C20H30Cl2N4O5. The Morgan fingerprint density at radius 3 is 2.48 bits per heavy atom. The molecule has 9 nitrogen and oxygen atoms in total. The second-order valence-electron chi connectivity index (χ2n) is 9.29. The average molecular weight is 477 g/mol. The van der Waals surface area contributed by atoms with E-state index in [-0.39, 0.29) is 47.2 Å². The third kappa shape index (κ3) is 4.95. The minimum absolute atomic E-state index is 0.0666. The van der Waals surface area contributed by atoms with Gasteiger partial charge in [-0.25, -0.2) is 0 Å². The highest BCUT2D eigenvalue weighted by atomic mass is 35.5. The molecule has 3 heterocycles. The van der Waals surface area contributed by atoms with Crippen LogP contribution >= 0.6 is 23.2 Å². The number of hydroxylamine groups is 1. The van der Waals surface area contributed by atoms with E-state index >= 15 is 0 Å². The maximum absolute atomic E-state index is 12.9. The lowest BCUT2D eigenvalue weighted by molar-refractivity contribution is -0.150. The topological polar surface area (TPSA) is 118 Å². The summed E-state index contributed by atoms with van der Waals surface area (Å²) < 4.78 is 5.72. The Kier molecular flexibility index (Phi) is 6.70. The minimum Gasteiger partial charge on any atom is -0.368 e. The van der Waals surface area contributed by atoms with Crippen LogP contribution in [0.4, 0.5) is 0 Å². The number of piperidine rings is 2. The van der Waals surface area contributed by atoms with Gasteiger partial charge in [0.1, 0.15) is 17.8 Å². The Morgan fingerprint density at radius 2 is 1.87 bits per heavy atom. The first-order chi connectivity index (χ1) is 14.7. The van der Waals surface area contributed by atoms with Crippen molar-refractivity contribution in [3.05, 3.63) is 0 Å². The van der Waals surface area contributed by atoms with Crippen LogP contribution in [0.1, 0.15) is 58.3 Å². The molecule has 5 aliphatic rings. The molecule has 174 valence electrons. The van der Waals surface area contributed by atoms with Gasteiger partial charge < -0.3 is 20.7 Å². The van der Waals surface area contributed by atoms with Crippen LogP contribution in [0.2, 0.25) is 0 Å². The van der Waals surface area contributed by atoms with Crippen LogP contribution in [0.5, 0.6) is 0 Å². The zero-order chi connectivity index (χ0) is 22.2. The zero-order valence-corrected chi connectivity index (χ0v) is 19.1. The number of carbonyl (C=O) groups excluding carboxylic acids is 3. The van der Waals surface area contributed by atoms with Crippen molar-refractivity contribution in [3.63, 3.8) is 0 Å². The average Bonchev–Trinajstić information content (AvgIpc) is 3.17. The van der Waals surface area contributed by atoms with Gasteiger partial charge in [0, 0.05) is 12.5 Å². The Hall–Kier alpha value is -1.13. The predicted molar refractivity (Wildman–Crippen MR) is 113 cm³/mol. The summed E-state index contributed by atoms with van der Waals surface area (Å²) in [6.45, 7) is 1.81. The highest BCUT2D eigenvalue weighted by Crippen LogP contribution is 2.39. The molecule has 31 heavy (non-hydrogen) atoms. The highest BCUT2D eigenvalue weighted by Gasteiger charge is 2.56. The van der Waals surface area contributed by atoms with Crippen molar-refractivity contribution >= 4 is 40.9 Å². The van der Waals surface area contributed by atoms with Crippen LogP contribution in [0.25, 0.3) is 0 Å².